The molecular formula is C19H19N3O. The summed E-state index contributed by atoms with van der Waals surface area (Å²) in [4.78, 5) is 18.9. The van der Waals surface area contributed by atoms with Gasteiger partial charge in [0.1, 0.15) is 5.65 Å². The van der Waals surface area contributed by atoms with E-state index in [0.717, 1.165) is 48.4 Å². The average molecular weight is 305 g/mol. The lowest BCUT2D eigenvalue weighted by Crippen LogP contribution is -2.29. The van der Waals surface area contributed by atoms with Gasteiger partial charge in [0.05, 0.1) is 12.1 Å². The molecule has 0 unspecified atom stereocenters. The van der Waals surface area contributed by atoms with E-state index in [9.17, 15) is 4.79 Å². The lowest BCUT2D eigenvalue weighted by Gasteiger charge is -2.14. The molecule has 4 rings (SSSR count). The van der Waals surface area contributed by atoms with Crippen molar-refractivity contribution in [3.8, 4) is 11.3 Å². The van der Waals surface area contributed by atoms with E-state index in [4.69, 9.17) is 0 Å². The third kappa shape index (κ3) is 2.84. The molecule has 3 aromatic rings. The Morgan fingerprint density at radius 1 is 1.09 bits per heavy atom. The maximum absolute atomic E-state index is 12.3. The molecule has 3 heterocycles. The number of pyridine rings is 1. The van der Waals surface area contributed by atoms with Gasteiger partial charge in [0.2, 0.25) is 5.91 Å². The molecule has 1 aliphatic heterocycles. The average Bonchev–Trinajstić information content (AvgIpc) is 3.25. The first kappa shape index (κ1) is 14.0. The Hall–Kier alpha value is -2.62. The highest BCUT2D eigenvalue weighted by atomic mass is 16.2. The normalized spacial score (nSPS) is 14.5. The SMILES string of the molecule is O=C(Cc1ccn2cc(-c3ccccc3)nc2c1)N1CCCC1. The minimum atomic E-state index is 0.224. The molecule has 1 amide bonds. The number of hydrogen-bond acceptors (Lipinski definition) is 2. The first-order valence-corrected chi connectivity index (χ1v) is 8.10. The molecule has 4 nitrogen and oxygen atoms in total. The van der Waals surface area contributed by atoms with Crippen molar-refractivity contribution in [2.45, 2.75) is 19.3 Å². The highest BCUT2D eigenvalue weighted by Gasteiger charge is 2.18. The zero-order valence-electron chi connectivity index (χ0n) is 13.0. The Morgan fingerprint density at radius 2 is 1.87 bits per heavy atom. The topological polar surface area (TPSA) is 37.6 Å². The predicted molar refractivity (Wildman–Crippen MR) is 90.1 cm³/mol. The summed E-state index contributed by atoms with van der Waals surface area (Å²) in [6, 6.07) is 14.2. The molecule has 1 fully saturated rings. The first-order valence-electron chi connectivity index (χ1n) is 8.10. The maximum Gasteiger partial charge on any atom is 0.226 e. The van der Waals surface area contributed by atoms with Crippen molar-refractivity contribution in [3.05, 3.63) is 60.4 Å². The number of imidazole rings is 1. The molecule has 0 bridgehead atoms. The minimum Gasteiger partial charge on any atom is -0.342 e. The Bertz CT molecular complexity index is 832. The predicted octanol–water partition coefficient (Wildman–Crippen LogP) is 3.17. The molecule has 0 aliphatic carbocycles. The molecule has 0 atom stereocenters. The fourth-order valence-electron chi connectivity index (χ4n) is 3.13. The van der Waals surface area contributed by atoms with Gasteiger partial charge in [0, 0.05) is 31.0 Å². The van der Waals surface area contributed by atoms with Crippen LogP contribution in [0.1, 0.15) is 18.4 Å². The van der Waals surface area contributed by atoms with Crippen molar-refractivity contribution in [3.63, 3.8) is 0 Å². The van der Waals surface area contributed by atoms with Crippen molar-refractivity contribution in [2.24, 2.45) is 0 Å². The van der Waals surface area contributed by atoms with Gasteiger partial charge in [-0.05, 0) is 30.5 Å². The summed E-state index contributed by atoms with van der Waals surface area (Å²) < 4.78 is 2.01. The highest BCUT2D eigenvalue weighted by molar-refractivity contribution is 5.79. The van der Waals surface area contributed by atoms with Crippen LogP contribution in [0.25, 0.3) is 16.9 Å². The van der Waals surface area contributed by atoms with Crippen LogP contribution < -0.4 is 0 Å². The summed E-state index contributed by atoms with van der Waals surface area (Å²) in [6.07, 6.45) is 6.74. The van der Waals surface area contributed by atoms with Crippen molar-refractivity contribution in [1.82, 2.24) is 14.3 Å². The maximum atomic E-state index is 12.3. The Balaban J connectivity index is 1.59. The molecular weight excluding hydrogens is 286 g/mol. The largest absolute Gasteiger partial charge is 0.342 e. The zero-order valence-corrected chi connectivity index (χ0v) is 13.0. The van der Waals surface area contributed by atoms with Gasteiger partial charge in [-0.3, -0.25) is 4.79 Å². The van der Waals surface area contributed by atoms with E-state index in [1.807, 2.05) is 52.0 Å². The highest BCUT2D eigenvalue weighted by Crippen LogP contribution is 2.19. The number of benzene rings is 1. The lowest BCUT2D eigenvalue weighted by molar-refractivity contribution is -0.129. The second-order valence-electron chi connectivity index (χ2n) is 6.06. The van der Waals surface area contributed by atoms with Gasteiger partial charge in [-0.1, -0.05) is 30.3 Å². The molecule has 0 N–H and O–H groups in total. The fraction of sp³-hybridized carbons (Fsp3) is 0.263. The van der Waals surface area contributed by atoms with Crippen LogP contribution in [-0.4, -0.2) is 33.3 Å². The molecule has 2 aromatic heterocycles. The molecule has 0 spiro atoms. The summed E-state index contributed by atoms with van der Waals surface area (Å²) in [7, 11) is 0. The van der Waals surface area contributed by atoms with Crippen LogP contribution in [0, 0.1) is 0 Å². The first-order chi connectivity index (χ1) is 11.3. The van der Waals surface area contributed by atoms with Crippen LogP contribution in [0.2, 0.25) is 0 Å². The van der Waals surface area contributed by atoms with E-state index in [1.165, 1.54) is 0 Å². The van der Waals surface area contributed by atoms with E-state index in [0.29, 0.717) is 6.42 Å². The monoisotopic (exact) mass is 305 g/mol. The van der Waals surface area contributed by atoms with Gasteiger partial charge in [-0.15, -0.1) is 0 Å². The fourth-order valence-corrected chi connectivity index (χ4v) is 3.13. The van der Waals surface area contributed by atoms with Crippen LogP contribution in [0.15, 0.2) is 54.9 Å². The van der Waals surface area contributed by atoms with Gasteiger partial charge < -0.3 is 9.30 Å². The summed E-state index contributed by atoms with van der Waals surface area (Å²) >= 11 is 0. The summed E-state index contributed by atoms with van der Waals surface area (Å²) in [6.45, 7) is 1.81. The number of fused-ring (bicyclic) bond motifs is 1. The van der Waals surface area contributed by atoms with Gasteiger partial charge in [-0.25, -0.2) is 4.98 Å². The third-order valence-corrected chi connectivity index (χ3v) is 4.41. The van der Waals surface area contributed by atoms with Gasteiger partial charge >= 0.3 is 0 Å². The number of carbonyl (C=O) groups is 1. The molecule has 0 saturated carbocycles. The third-order valence-electron chi connectivity index (χ3n) is 4.41. The second kappa shape index (κ2) is 5.88. The van der Waals surface area contributed by atoms with E-state index in [-0.39, 0.29) is 5.91 Å². The van der Waals surface area contributed by atoms with Gasteiger partial charge in [-0.2, -0.15) is 0 Å². The molecule has 1 aliphatic rings. The van der Waals surface area contributed by atoms with Crippen LogP contribution in [0.3, 0.4) is 0 Å². The van der Waals surface area contributed by atoms with Crippen molar-refractivity contribution < 1.29 is 4.79 Å². The summed E-state index contributed by atoms with van der Waals surface area (Å²) in [5, 5.41) is 0. The minimum absolute atomic E-state index is 0.224. The quantitative estimate of drug-likeness (QED) is 0.745. The van der Waals surface area contributed by atoms with Crippen LogP contribution >= 0.6 is 0 Å². The number of aromatic nitrogens is 2. The van der Waals surface area contributed by atoms with Crippen molar-refractivity contribution in [1.29, 1.82) is 0 Å². The smallest absolute Gasteiger partial charge is 0.226 e. The Labute approximate surface area is 135 Å². The van der Waals surface area contributed by atoms with Crippen LogP contribution in [-0.2, 0) is 11.2 Å². The lowest BCUT2D eigenvalue weighted by atomic mass is 10.2. The summed E-state index contributed by atoms with van der Waals surface area (Å²) in [5.41, 5.74) is 3.97. The Morgan fingerprint density at radius 3 is 2.65 bits per heavy atom. The van der Waals surface area contributed by atoms with Gasteiger partial charge in [0.15, 0.2) is 0 Å². The number of nitrogens with zero attached hydrogens (tertiary/aromatic N) is 3. The molecule has 0 radical (unpaired) electrons. The number of likely N-dealkylation sites (tertiary alicyclic amines) is 1. The molecule has 1 saturated heterocycles. The second-order valence-corrected chi connectivity index (χ2v) is 6.06. The summed E-state index contributed by atoms with van der Waals surface area (Å²) in [5.74, 6) is 0.224. The molecule has 116 valence electrons. The molecule has 4 heteroatoms. The van der Waals surface area contributed by atoms with E-state index in [2.05, 4.69) is 17.1 Å². The van der Waals surface area contributed by atoms with Gasteiger partial charge in [0.25, 0.3) is 0 Å². The number of hydrogen-bond donors (Lipinski definition) is 0. The van der Waals surface area contributed by atoms with Crippen molar-refractivity contribution in [2.75, 3.05) is 13.1 Å². The number of rotatable bonds is 3. The molecule has 23 heavy (non-hydrogen) atoms. The van der Waals surface area contributed by atoms with E-state index >= 15 is 0 Å². The number of carbonyl (C=O) groups excluding carboxylic acids is 1. The van der Waals surface area contributed by atoms with Crippen LogP contribution in [0.4, 0.5) is 0 Å². The van der Waals surface area contributed by atoms with E-state index < -0.39 is 0 Å². The molecule has 1 aromatic carbocycles. The standard InChI is InChI=1S/C19H19N3O/c23-19(21-9-4-5-10-21)13-15-8-11-22-14-17(20-18(22)12-15)16-6-2-1-3-7-16/h1-3,6-8,11-12,14H,4-5,9-10,13H2. The van der Waals surface area contributed by atoms with E-state index in [1.54, 1.807) is 0 Å². The zero-order chi connectivity index (χ0) is 15.6. The Kier molecular flexibility index (Phi) is 3.58. The van der Waals surface area contributed by atoms with Crippen LogP contribution in [0.5, 0.6) is 0 Å². The van der Waals surface area contributed by atoms with Crippen molar-refractivity contribution >= 4 is 11.6 Å². The number of amides is 1.